The summed E-state index contributed by atoms with van der Waals surface area (Å²) in [6.07, 6.45) is -0.578. The number of aromatic nitrogens is 1. The van der Waals surface area contributed by atoms with Gasteiger partial charge in [-0.05, 0) is 121 Å². The highest BCUT2D eigenvalue weighted by Crippen LogP contribution is 2.26. The van der Waals surface area contributed by atoms with E-state index in [2.05, 4.69) is 74.1 Å². The zero-order valence-electron chi connectivity index (χ0n) is 67.9. The fourth-order valence-electron chi connectivity index (χ4n) is 13.0. The maximum absolute atomic E-state index is 15.4. The van der Waals surface area contributed by atoms with Crippen molar-refractivity contribution < 1.29 is 78.0 Å². The number of carboxylic acids is 1. The Morgan fingerprint density at radius 1 is 0.550 bits per heavy atom. The molecular weight excluding hydrogens is 1580 g/mol. The number of aliphatic hydroxyl groups is 2. The van der Waals surface area contributed by atoms with Crippen molar-refractivity contribution in [2.45, 2.75) is 189 Å². The summed E-state index contributed by atoms with van der Waals surface area (Å²) in [6, 6.07) is 18.3. The highest BCUT2D eigenvalue weighted by atomic mass is 32.2. The molecule has 6 aromatic rings. The Hall–Kier alpha value is -11.8. The number of guanidine groups is 2. The Kier molecular flexibility index (Phi) is 37.9. The number of aromatic hydroxyl groups is 1. The van der Waals surface area contributed by atoms with Crippen LogP contribution in [0, 0.1) is 22.7 Å². The van der Waals surface area contributed by atoms with E-state index in [1.54, 1.807) is 74.6 Å². The lowest BCUT2D eigenvalue weighted by Crippen LogP contribution is -2.62. The van der Waals surface area contributed by atoms with Crippen LogP contribution >= 0.6 is 23.5 Å². The van der Waals surface area contributed by atoms with Crippen molar-refractivity contribution in [3.8, 4) is 16.9 Å². The van der Waals surface area contributed by atoms with Gasteiger partial charge < -0.3 is 112 Å². The number of carboxylic acid groups (broad SMARTS) is 1. The first kappa shape index (κ1) is 95.3. The third-order valence-electron chi connectivity index (χ3n) is 19.5. The average Bonchev–Trinajstić information content (AvgIpc) is 1.66. The number of aliphatic carboxylic acids is 1. The van der Waals surface area contributed by atoms with Gasteiger partial charge in [-0.3, -0.25) is 63.6 Å². The monoisotopic (exact) mass is 1700 g/mol. The summed E-state index contributed by atoms with van der Waals surface area (Å²) in [4.78, 5) is 177. The van der Waals surface area contributed by atoms with Gasteiger partial charge in [-0.2, -0.15) is 23.5 Å². The molecule has 0 fully saturated rings. The van der Waals surface area contributed by atoms with Crippen LogP contribution in [0.15, 0.2) is 134 Å². The van der Waals surface area contributed by atoms with Gasteiger partial charge in [-0.1, -0.05) is 137 Å². The van der Waals surface area contributed by atoms with Crippen molar-refractivity contribution in [3.05, 3.63) is 161 Å². The van der Waals surface area contributed by atoms with Gasteiger partial charge >= 0.3 is 5.97 Å². The molecule has 35 nitrogen and oxygen atoms in total. The molecule has 9 rings (SSSR count). The molecule has 3 aliphatic rings. The summed E-state index contributed by atoms with van der Waals surface area (Å²) in [5.41, 5.74) is 22.7. The topological polar surface area (TPSA) is 584 Å². The molecule has 11 amide bonds. The Bertz CT molecular complexity index is 4480. The van der Waals surface area contributed by atoms with Crippen LogP contribution in [0.2, 0.25) is 0 Å². The second-order valence-corrected chi connectivity index (χ2v) is 32.5. The van der Waals surface area contributed by atoms with Gasteiger partial charge in [-0.15, -0.1) is 0 Å². The van der Waals surface area contributed by atoms with E-state index in [-0.39, 0.29) is 117 Å². The number of amides is 11. The third-order valence-corrected chi connectivity index (χ3v) is 21.7. The van der Waals surface area contributed by atoms with Gasteiger partial charge in [0.25, 0.3) is 0 Å². The number of benzene rings is 5. The number of para-hydroxylation sites is 1. The Labute approximate surface area is 704 Å². The van der Waals surface area contributed by atoms with E-state index in [4.69, 9.17) is 28.0 Å². The number of nitrogens with two attached hydrogens (primary N) is 3. The zero-order chi connectivity index (χ0) is 87.7. The lowest BCUT2D eigenvalue weighted by molar-refractivity contribution is -0.143. The molecule has 0 aliphatic carbocycles. The minimum atomic E-state index is -1.75. The Morgan fingerprint density at radius 3 is 1.62 bits per heavy atom. The SMILES string of the molecule is CC(C)C[C@@H]1NC(=O)[C@H](CCCNC(=N)N)NC(=O)[C@H](C)NC(=O)[C@H](Cc2c[nH]c3ccccc23)NC(=O)[C@H](Cc2ccc(O)cc2)NC(=O)[C@H](CCCNC(=N)N)NC(=O)[C@@H](NC(=O)[C@H](Cc2ccccc2)NC(=O)[C@@H](NC(=O)[C@@H](N)CC(C)C)[C@@H](C)O)CSCc2ccc(cc2)-c2ccc(cc2)CSC[C@@H](C(=O)N[C@@H](CO)C(=O)O)NC1=O. The predicted molar refractivity (Wildman–Crippen MR) is 457 cm³/mol. The minimum absolute atomic E-state index is 0.00571. The molecule has 13 atom stereocenters. The maximum atomic E-state index is 15.4. The smallest absolute Gasteiger partial charge is 0.328 e. The van der Waals surface area contributed by atoms with Gasteiger partial charge in [0.05, 0.1) is 18.8 Å². The molecule has 26 N–H and O–H groups in total. The number of rotatable bonds is 29. The zero-order valence-corrected chi connectivity index (χ0v) is 69.5. The normalized spacial score (nSPS) is 20.3. The minimum Gasteiger partial charge on any atom is -0.508 e. The fraction of sp³-hybridized carbons (Fsp3) is 0.446. The van der Waals surface area contributed by atoms with Crippen LogP contribution in [-0.2, 0) is 88.3 Å². The number of fused-ring (bicyclic) bond motifs is 3. The summed E-state index contributed by atoms with van der Waals surface area (Å²) >= 11 is 2.43. The van der Waals surface area contributed by atoms with Gasteiger partial charge in [0.2, 0.25) is 65.0 Å². The first-order chi connectivity index (χ1) is 57.1. The summed E-state index contributed by atoms with van der Waals surface area (Å²) in [5, 5.41) is 92.1. The standard InChI is InChI=1S/C83H113N19O16S2/c1-45(2)34-58(84)71(107)102-69(48(6)104)80(116)98-64(36-49-14-8-7-9-15-49)77(113)101-67-43-119-41-51-20-26-53(27-21-51)54-28-22-52(23-29-54)42-120-44-68(79(115)99-66(40-103)81(117)118)100-75(111)62(35-46(3)4)95-72(108)60(18-12-32-89-82(85)86)93-70(106)47(5)92-74(110)65(38-55-39-91-59-17-11-10-16-57(55)59)97-76(112)63(37-50-24-30-56(105)31-25-50)96-73(109)61(94-78(67)114)19-13-33-90-83(87)88/h7-11,14-17,20-31,39,45-48,58,60-69,91,103-105H,12-13,18-19,32-38,40-44,84H2,1-6H3,(H,92,110)(H,93,106)(H,94,114)(H,95,108)(H,96,109)(H,97,112)(H,98,116)(H,99,115)(H,100,111)(H,101,113)(H,102,107)(H,117,118)(H4,85,86,89)(H4,87,88,90)/t47-,48+,58-,60-,61-,62-,63-,64-,65-,66-,67-,68-,69-/m0/s1. The molecule has 120 heavy (non-hydrogen) atoms. The molecule has 648 valence electrons. The maximum Gasteiger partial charge on any atom is 0.328 e. The molecule has 0 saturated heterocycles. The molecule has 3 aliphatic heterocycles. The number of hydrogen-bond donors (Lipinski definition) is 23. The molecule has 5 aromatic carbocycles. The summed E-state index contributed by atoms with van der Waals surface area (Å²) in [5.74, 6) is -12.6. The van der Waals surface area contributed by atoms with Crippen LogP contribution in [-0.4, -0.2) is 218 Å². The molecule has 0 radical (unpaired) electrons. The van der Waals surface area contributed by atoms with Crippen LogP contribution in [0.25, 0.3) is 22.0 Å². The molecule has 4 bridgehead atoms. The van der Waals surface area contributed by atoms with Gasteiger partial charge in [0.15, 0.2) is 11.9 Å². The lowest BCUT2D eigenvalue weighted by Gasteiger charge is -2.29. The van der Waals surface area contributed by atoms with E-state index in [0.717, 1.165) is 22.3 Å². The fourth-order valence-corrected chi connectivity index (χ4v) is 15.0. The summed E-state index contributed by atoms with van der Waals surface area (Å²) < 4.78 is 0. The van der Waals surface area contributed by atoms with E-state index in [1.807, 2.05) is 62.4 Å². The number of aromatic amines is 1. The number of phenols is 1. The van der Waals surface area contributed by atoms with Crippen molar-refractivity contribution in [1.29, 1.82) is 10.8 Å². The Balaban J connectivity index is 1.31. The van der Waals surface area contributed by atoms with Crippen LogP contribution in [0.1, 0.15) is 108 Å². The highest BCUT2D eigenvalue weighted by molar-refractivity contribution is 7.98. The second-order valence-electron chi connectivity index (χ2n) is 30.4. The highest BCUT2D eigenvalue weighted by Gasteiger charge is 2.38. The van der Waals surface area contributed by atoms with E-state index >= 15 is 24.0 Å². The van der Waals surface area contributed by atoms with Crippen LogP contribution in [0.5, 0.6) is 5.75 Å². The molecule has 1 aromatic heterocycles. The van der Waals surface area contributed by atoms with Crippen LogP contribution in [0.4, 0.5) is 0 Å². The number of carbonyl (C=O) groups excluding carboxylic acids is 11. The quantitative estimate of drug-likeness (QED) is 0.0173. The number of H-pyrrole nitrogens is 1. The van der Waals surface area contributed by atoms with E-state index in [1.165, 1.54) is 61.6 Å². The van der Waals surface area contributed by atoms with E-state index < -0.39 is 162 Å². The number of phenolic OH excluding ortho intramolecular Hbond substituents is 1. The number of thioether (sulfide) groups is 2. The van der Waals surface area contributed by atoms with Crippen molar-refractivity contribution >= 4 is 117 Å². The van der Waals surface area contributed by atoms with Crippen molar-refractivity contribution in [2.75, 3.05) is 31.2 Å². The van der Waals surface area contributed by atoms with Gasteiger partial charge in [-0.25, -0.2) is 4.79 Å². The predicted octanol–water partition coefficient (Wildman–Crippen LogP) is 0.505. The molecular formula is C83H113N19O16S2. The van der Waals surface area contributed by atoms with E-state index in [0.29, 0.717) is 27.6 Å². The van der Waals surface area contributed by atoms with Gasteiger partial charge in [0.1, 0.15) is 72.2 Å². The molecule has 0 spiro atoms. The molecule has 0 saturated carbocycles. The molecule has 0 unspecified atom stereocenters. The van der Waals surface area contributed by atoms with Crippen LogP contribution < -0.4 is 86.3 Å². The average molecular weight is 1700 g/mol. The molecule has 4 heterocycles. The number of aliphatic hydroxyl groups excluding tert-OH is 2. The molecule has 37 heteroatoms. The number of nitrogens with one attached hydrogen (secondary N) is 16. The van der Waals surface area contributed by atoms with Gasteiger partial charge in [0, 0.05) is 72.5 Å². The first-order valence-corrected chi connectivity index (χ1v) is 41.9. The first-order valence-electron chi connectivity index (χ1n) is 39.6. The van der Waals surface area contributed by atoms with Crippen LogP contribution in [0.3, 0.4) is 0 Å². The van der Waals surface area contributed by atoms with Crippen molar-refractivity contribution in [3.63, 3.8) is 0 Å². The summed E-state index contributed by atoms with van der Waals surface area (Å²) in [6.45, 7) is 8.90. The number of carbonyl (C=O) groups is 12. The van der Waals surface area contributed by atoms with E-state index in [9.17, 15) is 54.0 Å². The second kappa shape index (κ2) is 47.7. The number of hydrogen-bond acceptors (Lipinski definition) is 20. The van der Waals surface area contributed by atoms with Crippen molar-refractivity contribution in [1.82, 2.24) is 74.1 Å². The third kappa shape index (κ3) is 31.2. The lowest BCUT2D eigenvalue weighted by atomic mass is 10.0. The summed E-state index contributed by atoms with van der Waals surface area (Å²) in [7, 11) is 0. The van der Waals surface area contributed by atoms with Crippen molar-refractivity contribution in [2.24, 2.45) is 29.0 Å². The largest absolute Gasteiger partial charge is 0.508 e. The Morgan fingerprint density at radius 2 is 1.07 bits per heavy atom.